The Morgan fingerprint density at radius 2 is 1.96 bits per heavy atom. The number of benzene rings is 1. The molecule has 1 spiro atoms. The summed E-state index contributed by atoms with van der Waals surface area (Å²) in [5, 5.41) is 12.8. The van der Waals surface area contributed by atoms with Gasteiger partial charge in [-0.05, 0) is 37.6 Å². The number of hydrogen-bond acceptors (Lipinski definition) is 4. The van der Waals surface area contributed by atoms with Gasteiger partial charge in [-0.1, -0.05) is 23.7 Å². The predicted octanol–water partition coefficient (Wildman–Crippen LogP) is 1.26. The molecule has 2 heterocycles. The first kappa shape index (κ1) is 19.1. The first-order chi connectivity index (χ1) is 12.5. The smallest absolute Gasteiger partial charge is 0.242 e. The molecule has 0 unspecified atom stereocenters. The highest BCUT2D eigenvalue weighted by Crippen LogP contribution is 2.41. The Hall–Kier alpha value is -1.63. The van der Waals surface area contributed by atoms with Gasteiger partial charge >= 0.3 is 0 Å². The van der Waals surface area contributed by atoms with Crippen LogP contribution in [0.15, 0.2) is 24.3 Å². The maximum Gasteiger partial charge on any atom is 0.242 e. The number of aliphatic hydroxyl groups excluding tert-OH is 1. The second-order valence-corrected chi connectivity index (χ2v) is 7.84. The number of nitrogens with one attached hydrogen (secondary N) is 1. The number of halogens is 1. The van der Waals surface area contributed by atoms with Gasteiger partial charge in [0.15, 0.2) is 0 Å². The lowest BCUT2D eigenvalue weighted by Crippen LogP contribution is -2.51. The molecule has 0 aliphatic carbocycles. The molecule has 0 bridgehead atoms. The van der Waals surface area contributed by atoms with Crippen LogP contribution in [0.4, 0.5) is 0 Å². The van der Waals surface area contributed by atoms with Gasteiger partial charge in [0.05, 0.1) is 6.61 Å². The number of nitrogens with zero attached hydrogens (tertiary/aromatic N) is 2. The molecular formula is C19H26ClN3O3. The number of rotatable bonds is 5. The Labute approximate surface area is 159 Å². The highest BCUT2D eigenvalue weighted by atomic mass is 35.5. The molecule has 0 radical (unpaired) electrons. The monoisotopic (exact) mass is 379 g/mol. The molecule has 0 aromatic heterocycles. The second kappa shape index (κ2) is 7.94. The standard InChI is InChI=1S/C19H26ClN3O3/c1-21-16(12-24)18(26)22-8-6-19(7-9-22)10-17(25)23(13-19)11-14-2-4-15(20)5-3-14/h2-5,16,21,24H,6-13H2,1H3/t16-/m0/s1. The van der Waals surface area contributed by atoms with Gasteiger partial charge in [0.25, 0.3) is 0 Å². The van der Waals surface area contributed by atoms with E-state index in [4.69, 9.17) is 11.6 Å². The van der Waals surface area contributed by atoms with Crippen LogP contribution >= 0.6 is 11.6 Å². The molecule has 2 saturated heterocycles. The van der Waals surface area contributed by atoms with E-state index < -0.39 is 6.04 Å². The topological polar surface area (TPSA) is 72.9 Å². The summed E-state index contributed by atoms with van der Waals surface area (Å²) >= 11 is 5.92. The van der Waals surface area contributed by atoms with E-state index in [1.165, 1.54) is 0 Å². The third kappa shape index (κ3) is 4.03. The Kier molecular flexibility index (Phi) is 5.85. The van der Waals surface area contributed by atoms with Crippen molar-refractivity contribution in [2.24, 2.45) is 5.41 Å². The number of piperidine rings is 1. The fraction of sp³-hybridized carbons (Fsp3) is 0.579. The molecule has 2 fully saturated rings. The van der Waals surface area contributed by atoms with Gasteiger partial charge in [0.1, 0.15) is 6.04 Å². The van der Waals surface area contributed by atoms with E-state index in [-0.39, 0.29) is 23.8 Å². The maximum atomic E-state index is 12.5. The number of carbonyl (C=O) groups is 2. The summed E-state index contributed by atoms with van der Waals surface area (Å²) in [6, 6.07) is 7.05. The van der Waals surface area contributed by atoms with Crippen LogP contribution in [0.1, 0.15) is 24.8 Å². The molecule has 1 aromatic carbocycles. The Morgan fingerprint density at radius 3 is 2.54 bits per heavy atom. The second-order valence-electron chi connectivity index (χ2n) is 7.40. The minimum atomic E-state index is -0.546. The van der Waals surface area contributed by atoms with Crippen molar-refractivity contribution in [1.82, 2.24) is 15.1 Å². The first-order valence-corrected chi connectivity index (χ1v) is 9.43. The van der Waals surface area contributed by atoms with Crippen molar-refractivity contribution in [1.29, 1.82) is 0 Å². The van der Waals surface area contributed by atoms with Gasteiger partial charge in [0.2, 0.25) is 11.8 Å². The molecule has 2 N–H and O–H groups in total. The molecule has 3 rings (SSSR count). The van der Waals surface area contributed by atoms with Crippen molar-refractivity contribution < 1.29 is 14.7 Å². The summed E-state index contributed by atoms with van der Waals surface area (Å²) < 4.78 is 0. The minimum Gasteiger partial charge on any atom is -0.394 e. The largest absolute Gasteiger partial charge is 0.394 e. The van der Waals surface area contributed by atoms with Crippen molar-refractivity contribution in [3.8, 4) is 0 Å². The molecule has 0 saturated carbocycles. The molecule has 142 valence electrons. The third-order valence-electron chi connectivity index (χ3n) is 5.66. The van der Waals surface area contributed by atoms with Crippen molar-refractivity contribution in [2.75, 3.05) is 33.3 Å². The molecule has 2 aliphatic rings. The van der Waals surface area contributed by atoms with Gasteiger partial charge in [-0.2, -0.15) is 0 Å². The molecular weight excluding hydrogens is 354 g/mol. The third-order valence-corrected chi connectivity index (χ3v) is 5.91. The maximum absolute atomic E-state index is 12.5. The summed E-state index contributed by atoms with van der Waals surface area (Å²) in [5.74, 6) is 0.121. The molecule has 7 heteroatoms. The normalized spacial score (nSPS) is 20.7. The van der Waals surface area contributed by atoms with Crippen molar-refractivity contribution in [2.45, 2.75) is 31.8 Å². The fourth-order valence-corrected chi connectivity index (χ4v) is 4.11. The SMILES string of the molecule is CN[C@@H](CO)C(=O)N1CCC2(CC1)CC(=O)N(Cc1ccc(Cl)cc1)C2. The van der Waals surface area contributed by atoms with E-state index in [9.17, 15) is 14.7 Å². The molecule has 1 atom stereocenters. The number of likely N-dealkylation sites (tertiary alicyclic amines) is 2. The van der Waals surface area contributed by atoms with Crippen molar-refractivity contribution in [3.05, 3.63) is 34.9 Å². The Morgan fingerprint density at radius 1 is 1.31 bits per heavy atom. The van der Waals surface area contributed by atoms with E-state index in [0.717, 1.165) is 24.9 Å². The zero-order chi connectivity index (χ0) is 18.7. The summed E-state index contributed by atoms with van der Waals surface area (Å²) in [4.78, 5) is 28.6. The molecule has 6 nitrogen and oxygen atoms in total. The van der Waals surface area contributed by atoms with Gasteiger partial charge in [0, 0.05) is 43.0 Å². The number of amides is 2. The minimum absolute atomic E-state index is 0.0331. The zero-order valence-corrected chi connectivity index (χ0v) is 15.8. The Balaban J connectivity index is 1.58. The highest BCUT2D eigenvalue weighted by molar-refractivity contribution is 6.30. The Bertz CT molecular complexity index is 652. The van der Waals surface area contributed by atoms with E-state index in [1.807, 2.05) is 29.2 Å². The van der Waals surface area contributed by atoms with Crippen LogP contribution in [0, 0.1) is 5.41 Å². The number of aliphatic hydroxyl groups is 1. The highest BCUT2D eigenvalue weighted by Gasteiger charge is 2.45. The number of hydrogen-bond donors (Lipinski definition) is 2. The summed E-state index contributed by atoms with van der Waals surface area (Å²) in [6.45, 7) is 2.42. The lowest BCUT2D eigenvalue weighted by molar-refractivity contribution is -0.136. The molecule has 26 heavy (non-hydrogen) atoms. The quantitative estimate of drug-likeness (QED) is 0.808. The predicted molar refractivity (Wildman–Crippen MR) is 99.7 cm³/mol. The van der Waals surface area contributed by atoms with E-state index >= 15 is 0 Å². The average Bonchev–Trinajstić information content (AvgIpc) is 2.93. The average molecular weight is 380 g/mol. The van der Waals surface area contributed by atoms with Crippen molar-refractivity contribution >= 4 is 23.4 Å². The number of carbonyl (C=O) groups excluding carboxylic acids is 2. The lowest BCUT2D eigenvalue weighted by Gasteiger charge is -2.39. The van der Waals surface area contributed by atoms with Crippen LogP contribution < -0.4 is 5.32 Å². The van der Waals surface area contributed by atoms with Gasteiger partial charge in [-0.3, -0.25) is 9.59 Å². The first-order valence-electron chi connectivity index (χ1n) is 9.05. The van der Waals surface area contributed by atoms with Crippen LogP contribution in [-0.4, -0.2) is 66.1 Å². The van der Waals surface area contributed by atoms with Gasteiger partial charge < -0.3 is 20.2 Å². The van der Waals surface area contributed by atoms with Crippen LogP contribution in [0.25, 0.3) is 0 Å². The van der Waals surface area contributed by atoms with Gasteiger partial charge in [-0.15, -0.1) is 0 Å². The molecule has 2 aliphatic heterocycles. The summed E-state index contributed by atoms with van der Waals surface area (Å²) in [5.41, 5.74) is 1.04. The number of likely N-dealkylation sites (N-methyl/N-ethyl adjacent to an activating group) is 1. The van der Waals surface area contributed by atoms with E-state index in [1.54, 1.807) is 11.9 Å². The molecule has 1 aromatic rings. The van der Waals surface area contributed by atoms with E-state index in [0.29, 0.717) is 31.1 Å². The zero-order valence-electron chi connectivity index (χ0n) is 15.1. The lowest BCUT2D eigenvalue weighted by atomic mass is 9.77. The van der Waals surface area contributed by atoms with Crippen LogP contribution in [0.3, 0.4) is 0 Å². The fourth-order valence-electron chi connectivity index (χ4n) is 3.99. The molecule has 2 amide bonds. The van der Waals surface area contributed by atoms with E-state index in [2.05, 4.69) is 5.32 Å². The van der Waals surface area contributed by atoms with Crippen molar-refractivity contribution in [3.63, 3.8) is 0 Å². The van der Waals surface area contributed by atoms with Crippen LogP contribution in [0.5, 0.6) is 0 Å². The van der Waals surface area contributed by atoms with Crippen LogP contribution in [0.2, 0.25) is 5.02 Å². The van der Waals surface area contributed by atoms with Crippen LogP contribution in [-0.2, 0) is 16.1 Å². The summed E-state index contributed by atoms with van der Waals surface area (Å²) in [6.07, 6.45) is 2.20. The van der Waals surface area contributed by atoms with Gasteiger partial charge in [-0.25, -0.2) is 0 Å². The summed E-state index contributed by atoms with van der Waals surface area (Å²) in [7, 11) is 1.68.